The number of esters is 1. The van der Waals surface area contributed by atoms with Crippen LogP contribution in [0.1, 0.15) is 290 Å². The van der Waals surface area contributed by atoms with Crippen molar-refractivity contribution >= 4 is 19.7 Å². The molecule has 0 aromatic heterocycles. The van der Waals surface area contributed by atoms with Gasteiger partial charge in [0, 0.05) is 12.8 Å². The molecular formula is C75H132N2O7P+. The number of hydrogen-bond acceptors (Lipinski definition) is 6. The number of phosphoric ester groups is 1. The fourth-order valence-corrected chi connectivity index (χ4v) is 10.3. The summed E-state index contributed by atoms with van der Waals surface area (Å²) in [5.74, 6) is -0.548. The summed E-state index contributed by atoms with van der Waals surface area (Å²) >= 11 is 0. The van der Waals surface area contributed by atoms with E-state index in [0.717, 1.165) is 116 Å². The van der Waals surface area contributed by atoms with Gasteiger partial charge in [0.15, 0.2) is 0 Å². The quantitative estimate of drug-likeness (QED) is 0.0205. The average molecular weight is 1200 g/mol. The number of hydrogen-bond donors (Lipinski definition) is 2. The van der Waals surface area contributed by atoms with Crippen molar-refractivity contribution in [1.82, 2.24) is 5.32 Å². The minimum Gasteiger partial charge on any atom is -0.456 e. The molecule has 3 atom stereocenters. The molecule has 0 spiro atoms. The second-order valence-corrected chi connectivity index (χ2v) is 25.8. The largest absolute Gasteiger partial charge is 0.472 e. The average Bonchev–Trinajstić information content (AvgIpc) is 3.50. The molecule has 9 nitrogen and oxygen atoms in total. The van der Waals surface area contributed by atoms with E-state index in [9.17, 15) is 19.0 Å². The maximum atomic E-state index is 13.6. The van der Waals surface area contributed by atoms with Crippen LogP contribution in [-0.4, -0.2) is 74.3 Å². The third-order valence-corrected chi connectivity index (χ3v) is 15.9. The molecule has 10 heteroatoms. The highest BCUT2D eigenvalue weighted by atomic mass is 31.2. The Labute approximate surface area is 524 Å². The Bertz CT molecular complexity index is 1870. The summed E-state index contributed by atoms with van der Waals surface area (Å²) < 4.78 is 30.8. The van der Waals surface area contributed by atoms with Crippen molar-refractivity contribution in [3.05, 3.63) is 122 Å². The molecule has 0 aromatic carbocycles. The fraction of sp³-hybridized carbons (Fsp3) is 0.707. The van der Waals surface area contributed by atoms with Gasteiger partial charge in [-0.05, 0) is 122 Å². The van der Waals surface area contributed by atoms with Gasteiger partial charge in [0.25, 0.3) is 0 Å². The number of phosphoric acid groups is 1. The lowest BCUT2D eigenvalue weighted by atomic mass is 10.0. The number of carbonyl (C=O) groups is 2. The first kappa shape index (κ1) is 81.4. The van der Waals surface area contributed by atoms with E-state index in [2.05, 4.69) is 135 Å². The van der Waals surface area contributed by atoms with E-state index in [1.165, 1.54) is 135 Å². The maximum Gasteiger partial charge on any atom is 0.472 e. The molecule has 85 heavy (non-hydrogen) atoms. The van der Waals surface area contributed by atoms with Crippen molar-refractivity contribution in [2.24, 2.45) is 0 Å². The number of nitrogens with zero attached hydrogens (tertiary/aromatic N) is 1. The standard InChI is InChI=1S/C75H131N2O7P/c1-7-10-13-16-19-22-25-28-30-32-34-35-36-37-38-39-40-41-43-44-46-49-52-55-58-61-64-67-74(78)76-72(71-83-85(80,81)82-70-69-77(4,5)6)73(66-63-60-57-54-51-48-27-24-21-18-15-12-9-3)84-75(79)68-65-62-59-56-53-50-47-45-42-33-31-29-26-23-20-17-14-11-8-2/h11,14,19-20,22-23,28-31,34-35,37-38,42,45,50,53,63,66,72-73H,7-10,12-13,15-18,21,24-27,32-33,36,39-41,43-44,46-49,51-52,54-62,64-65,67-71H2,1-6H3,(H-,76,78,80,81)/p+1/b14-11-,22-19-,23-20-,30-28-,31-29-,35-34-,38-37-,45-42-,53-50-,66-63-. The Morgan fingerprint density at radius 1 is 0.424 bits per heavy atom. The number of nitrogens with one attached hydrogen (secondary N) is 1. The second kappa shape index (κ2) is 63.4. The maximum absolute atomic E-state index is 13.6. The predicted octanol–water partition coefficient (Wildman–Crippen LogP) is 22.2. The molecule has 0 bridgehead atoms. The van der Waals surface area contributed by atoms with Gasteiger partial charge in [0.2, 0.25) is 5.91 Å². The van der Waals surface area contributed by atoms with E-state index >= 15 is 0 Å². The summed E-state index contributed by atoms with van der Waals surface area (Å²) in [4.78, 5) is 37.9. The van der Waals surface area contributed by atoms with Gasteiger partial charge in [-0.1, -0.05) is 277 Å². The molecule has 0 rings (SSSR count). The van der Waals surface area contributed by atoms with Crippen molar-refractivity contribution in [1.29, 1.82) is 0 Å². The molecule has 0 aliphatic carbocycles. The van der Waals surface area contributed by atoms with Gasteiger partial charge in [-0.25, -0.2) is 4.57 Å². The number of carbonyl (C=O) groups excluding carboxylic acids is 2. The SMILES string of the molecule is CC/C=C\C/C=C\C/C=C\C/C=C\C/C=C\CCCCCC(=O)OC(/C=C\CCCCCCCCCCCCC)C(COP(=O)(O)OCC[N+](C)(C)C)NC(=O)CCCCCCCCCCCCC/C=C\C/C=C\C/C=C\C/C=C\CCCCC. The van der Waals surface area contributed by atoms with Gasteiger partial charge in [-0.3, -0.25) is 18.6 Å². The van der Waals surface area contributed by atoms with Gasteiger partial charge < -0.3 is 19.4 Å². The first-order chi connectivity index (χ1) is 41.4. The Hall–Kier alpha value is -3.59. The number of unbranched alkanes of at least 4 members (excludes halogenated alkanes) is 28. The highest BCUT2D eigenvalue weighted by Crippen LogP contribution is 2.43. The molecule has 0 aliphatic rings. The van der Waals surface area contributed by atoms with Crippen LogP contribution < -0.4 is 5.32 Å². The lowest BCUT2D eigenvalue weighted by Crippen LogP contribution is -2.47. The number of rotatable bonds is 62. The van der Waals surface area contributed by atoms with Crippen LogP contribution in [0.2, 0.25) is 0 Å². The van der Waals surface area contributed by atoms with Crippen LogP contribution in [0.3, 0.4) is 0 Å². The summed E-state index contributed by atoms with van der Waals surface area (Å²) in [6, 6.07) is -0.873. The van der Waals surface area contributed by atoms with Crippen LogP contribution >= 0.6 is 7.82 Å². The Morgan fingerprint density at radius 3 is 1.16 bits per heavy atom. The normalized spacial score (nSPS) is 14.3. The van der Waals surface area contributed by atoms with Gasteiger partial charge >= 0.3 is 13.8 Å². The summed E-state index contributed by atoms with van der Waals surface area (Å²) in [5, 5.41) is 3.06. The van der Waals surface area contributed by atoms with E-state index in [4.69, 9.17) is 13.8 Å². The van der Waals surface area contributed by atoms with Crippen LogP contribution in [0.5, 0.6) is 0 Å². The third-order valence-electron chi connectivity index (χ3n) is 14.9. The van der Waals surface area contributed by atoms with Gasteiger partial charge in [-0.2, -0.15) is 0 Å². The van der Waals surface area contributed by atoms with Crippen LogP contribution in [-0.2, 0) is 27.9 Å². The van der Waals surface area contributed by atoms with Gasteiger partial charge in [-0.15, -0.1) is 0 Å². The molecule has 488 valence electrons. The number of likely N-dealkylation sites (N-methyl/N-ethyl adjacent to an activating group) is 1. The molecule has 0 fully saturated rings. The van der Waals surface area contributed by atoms with Crippen molar-refractivity contribution < 1.29 is 37.3 Å². The zero-order valence-electron chi connectivity index (χ0n) is 55.8. The predicted molar refractivity (Wildman–Crippen MR) is 369 cm³/mol. The first-order valence-corrected chi connectivity index (χ1v) is 36.4. The molecular weight excluding hydrogens is 1070 g/mol. The minimum absolute atomic E-state index is 0.0283. The zero-order valence-corrected chi connectivity index (χ0v) is 56.7. The van der Waals surface area contributed by atoms with E-state index in [-0.39, 0.29) is 31.5 Å². The molecule has 0 radical (unpaired) electrons. The molecule has 2 N–H and O–H groups in total. The fourth-order valence-electron chi connectivity index (χ4n) is 9.54. The molecule has 1 amide bonds. The Balaban J connectivity index is 5.17. The highest BCUT2D eigenvalue weighted by molar-refractivity contribution is 7.47. The minimum atomic E-state index is -4.47. The third kappa shape index (κ3) is 64.7. The van der Waals surface area contributed by atoms with Crippen molar-refractivity contribution in [2.45, 2.75) is 303 Å². The van der Waals surface area contributed by atoms with E-state index in [1.807, 2.05) is 33.3 Å². The number of ether oxygens (including phenoxy) is 1. The van der Waals surface area contributed by atoms with Crippen molar-refractivity contribution in [3.63, 3.8) is 0 Å². The van der Waals surface area contributed by atoms with E-state index in [1.54, 1.807) is 0 Å². The van der Waals surface area contributed by atoms with Crippen LogP contribution in [0.25, 0.3) is 0 Å². The molecule has 0 aromatic rings. The number of quaternary nitrogens is 1. The summed E-state index contributed by atoms with van der Waals surface area (Å²) in [7, 11) is 1.46. The summed E-state index contributed by atoms with van der Waals surface area (Å²) in [6.07, 6.45) is 89.2. The first-order valence-electron chi connectivity index (χ1n) is 34.9. The van der Waals surface area contributed by atoms with Gasteiger partial charge in [0.1, 0.15) is 19.3 Å². The summed E-state index contributed by atoms with van der Waals surface area (Å²) in [6.45, 7) is 6.85. The summed E-state index contributed by atoms with van der Waals surface area (Å²) in [5.41, 5.74) is 0. The van der Waals surface area contributed by atoms with Crippen molar-refractivity contribution in [3.8, 4) is 0 Å². The Morgan fingerprint density at radius 2 is 0.753 bits per heavy atom. The lowest BCUT2D eigenvalue weighted by molar-refractivity contribution is -0.870. The number of allylic oxidation sites excluding steroid dienone is 19. The number of amides is 1. The lowest BCUT2D eigenvalue weighted by Gasteiger charge is -2.27. The van der Waals surface area contributed by atoms with E-state index < -0.39 is 20.0 Å². The second-order valence-electron chi connectivity index (χ2n) is 24.3. The van der Waals surface area contributed by atoms with Crippen LogP contribution in [0.4, 0.5) is 0 Å². The highest BCUT2D eigenvalue weighted by Gasteiger charge is 2.30. The Kier molecular flexibility index (Phi) is 60.8. The van der Waals surface area contributed by atoms with E-state index in [0.29, 0.717) is 23.9 Å². The topological polar surface area (TPSA) is 111 Å². The molecule has 0 aliphatic heterocycles. The van der Waals surface area contributed by atoms with Gasteiger partial charge in [0.05, 0.1) is 33.8 Å². The zero-order chi connectivity index (χ0) is 62.1. The smallest absolute Gasteiger partial charge is 0.456 e. The van der Waals surface area contributed by atoms with Crippen molar-refractivity contribution in [2.75, 3.05) is 40.9 Å². The van der Waals surface area contributed by atoms with Crippen LogP contribution in [0, 0.1) is 0 Å². The molecule has 0 saturated heterocycles. The van der Waals surface area contributed by atoms with Crippen LogP contribution in [0.15, 0.2) is 122 Å². The molecule has 0 saturated carbocycles. The molecule has 3 unspecified atom stereocenters. The molecule has 0 heterocycles. The monoisotopic (exact) mass is 1200 g/mol.